The van der Waals surface area contributed by atoms with Crippen molar-refractivity contribution in [3.8, 4) is 5.75 Å². The predicted octanol–water partition coefficient (Wildman–Crippen LogP) is 5.32. The fourth-order valence-corrected chi connectivity index (χ4v) is 4.73. The topological polar surface area (TPSA) is 110 Å². The van der Waals surface area contributed by atoms with E-state index >= 15 is 0 Å². The fraction of sp³-hybridized carbons (Fsp3) is 0.480. The number of methoxy groups -OCH3 is 1. The number of hydrogen-bond donors (Lipinski definition) is 3. The highest BCUT2D eigenvalue weighted by Crippen LogP contribution is 2.32. The van der Waals surface area contributed by atoms with E-state index in [1.54, 1.807) is 13.2 Å². The summed E-state index contributed by atoms with van der Waals surface area (Å²) >= 11 is 9.96. The molecule has 1 aliphatic carbocycles. The Labute approximate surface area is 218 Å². The molecule has 1 unspecified atom stereocenters. The first-order valence-electron chi connectivity index (χ1n) is 11.6. The molecule has 3 N–H and O–H groups in total. The Bertz CT molecular complexity index is 1030. The molecule has 1 saturated carbocycles. The van der Waals surface area contributed by atoms with Crippen LogP contribution in [-0.4, -0.2) is 48.8 Å². The number of carboxylic acid groups (broad SMARTS) is 1. The van der Waals surface area contributed by atoms with Gasteiger partial charge in [0.1, 0.15) is 18.2 Å². The van der Waals surface area contributed by atoms with Gasteiger partial charge >= 0.3 is 5.97 Å². The summed E-state index contributed by atoms with van der Waals surface area (Å²) in [6, 6.07) is 7.20. The number of nitrogens with one attached hydrogen (secondary N) is 2. The third kappa shape index (κ3) is 7.81. The highest BCUT2D eigenvalue weighted by atomic mass is 79.9. The molecule has 0 spiro atoms. The molecule has 1 aliphatic rings. The van der Waals surface area contributed by atoms with Gasteiger partial charge in [-0.05, 0) is 62.8 Å². The number of halogens is 2. The van der Waals surface area contributed by atoms with Gasteiger partial charge in [0.05, 0.1) is 29.2 Å². The predicted molar refractivity (Wildman–Crippen MR) is 138 cm³/mol. The molecule has 10 heteroatoms. The van der Waals surface area contributed by atoms with Gasteiger partial charge in [0.25, 0.3) is 5.91 Å². The van der Waals surface area contributed by atoms with E-state index in [-0.39, 0.29) is 23.8 Å². The number of carbonyl (C=O) groups excluding carboxylic acids is 1. The van der Waals surface area contributed by atoms with E-state index in [4.69, 9.17) is 26.2 Å². The number of benzene rings is 1. The van der Waals surface area contributed by atoms with Crippen molar-refractivity contribution in [2.75, 3.05) is 32.2 Å². The molecule has 190 valence electrons. The van der Waals surface area contributed by atoms with Crippen molar-refractivity contribution in [3.05, 3.63) is 51.1 Å². The van der Waals surface area contributed by atoms with Crippen LogP contribution in [0, 0.1) is 11.8 Å². The Morgan fingerprint density at radius 2 is 1.97 bits per heavy atom. The SMILES string of the molecule is COCCOc1ccc(Br)cc1C(C)Nc1ncc(C(=O)NCC2CCC(C(=O)O)CC2)cc1Cl. The maximum atomic E-state index is 12.6. The zero-order valence-corrected chi connectivity index (χ0v) is 22.2. The van der Waals surface area contributed by atoms with Crippen LogP contribution in [0.2, 0.25) is 5.02 Å². The monoisotopic (exact) mass is 567 g/mol. The van der Waals surface area contributed by atoms with E-state index < -0.39 is 5.97 Å². The van der Waals surface area contributed by atoms with Gasteiger partial charge in [-0.2, -0.15) is 0 Å². The second-order valence-corrected chi connectivity index (χ2v) is 10.0. The van der Waals surface area contributed by atoms with Crippen LogP contribution in [0.25, 0.3) is 0 Å². The van der Waals surface area contributed by atoms with E-state index in [2.05, 4.69) is 31.5 Å². The number of amides is 1. The van der Waals surface area contributed by atoms with E-state index in [0.717, 1.165) is 28.6 Å². The second kappa shape index (κ2) is 13.1. The summed E-state index contributed by atoms with van der Waals surface area (Å²) < 4.78 is 11.8. The maximum Gasteiger partial charge on any atom is 0.306 e. The van der Waals surface area contributed by atoms with E-state index in [0.29, 0.717) is 49.0 Å². The second-order valence-electron chi connectivity index (χ2n) is 8.71. The maximum absolute atomic E-state index is 12.6. The molecular formula is C25H31BrClN3O5. The quantitative estimate of drug-likeness (QED) is 0.315. The summed E-state index contributed by atoms with van der Waals surface area (Å²) in [6.07, 6.45) is 4.39. The third-order valence-electron chi connectivity index (χ3n) is 6.19. The number of nitrogens with zero attached hydrogens (tertiary/aromatic N) is 1. The normalized spacial score (nSPS) is 18.5. The van der Waals surface area contributed by atoms with Gasteiger partial charge in [0.2, 0.25) is 0 Å². The molecule has 0 saturated heterocycles. The molecule has 2 aromatic rings. The number of anilines is 1. The number of ether oxygens (including phenoxy) is 2. The lowest BCUT2D eigenvalue weighted by Gasteiger charge is -2.26. The van der Waals surface area contributed by atoms with Crippen LogP contribution in [0.3, 0.4) is 0 Å². The third-order valence-corrected chi connectivity index (χ3v) is 6.97. The van der Waals surface area contributed by atoms with Gasteiger partial charge in [0.15, 0.2) is 0 Å². The Morgan fingerprint density at radius 3 is 2.63 bits per heavy atom. The minimum atomic E-state index is -0.731. The highest BCUT2D eigenvalue weighted by molar-refractivity contribution is 9.10. The molecule has 3 rings (SSSR count). The van der Waals surface area contributed by atoms with Gasteiger partial charge < -0.3 is 25.2 Å². The number of pyridine rings is 1. The van der Waals surface area contributed by atoms with Gasteiger partial charge in [-0.25, -0.2) is 4.98 Å². The van der Waals surface area contributed by atoms with E-state index in [1.807, 2.05) is 25.1 Å². The van der Waals surface area contributed by atoms with Crippen LogP contribution in [0.15, 0.2) is 34.9 Å². The van der Waals surface area contributed by atoms with E-state index in [1.165, 1.54) is 6.20 Å². The average molecular weight is 569 g/mol. The van der Waals surface area contributed by atoms with Crippen molar-refractivity contribution in [3.63, 3.8) is 0 Å². The summed E-state index contributed by atoms with van der Waals surface area (Å²) in [7, 11) is 1.63. The molecule has 0 aliphatic heterocycles. The van der Waals surface area contributed by atoms with Gasteiger partial charge in [0, 0.05) is 29.9 Å². The van der Waals surface area contributed by atoms with Crippen molar-refractivity contribution in [1.82, 2.24) is 10.3 Å². The number of aliphatic carboxylic acids is 1. The summed E-state index contributed by atoms with van der Waals surface area (Å²) in [5.41, 5.74) is 1.30. The van der Waals surface area contributed by atoms with Crippen molar-refractivity contribution in [2.45, 2.75) is 38.6 Å². The van der Waals surface area contributed by atoms with E-state index in [9.17, 15) is 9.59 Å². The van der Waals surface area contributed by atoms with Crippen molar-refractivity contribution in [1.29, 1.82) is 0 Å². The minimum absolute atomic E-state index is 0.171. The zero-order valence-electron chi connectivity index (χ0n) is 19.9. The molecule has 8 nitrogen and oxygen atoms in total. The lowest BCUT2D eigenvalue weighted by atomic mass is 9.82. The number of aromatic nitrogens is 1. The molecule has 1 atom stereocenters. The number of carboxylic acids is 1. The van der Waals surface area contributed by atoms with Crippen molar-refractivity contribution < 1.29 is 24.2 Å². The molecule has 1 amide bonds. The molecule has 1 fully saturated rings. The first-order chi connectivity index (χ1) is 16.8. The number of rotatable bonds is 11. The Hall–Kier alpha value is -2.36. The number of carbonyl (C=O) groups is 2. The standard InChI is InChI=1S/C25H31BrClN3O5/c1-15(20-12-19(26)7-8-22(20)35-10-9-34-2)30-23-21(27)11-18(14-28-23)24(31)29-13-16-3-5-17(6-4-16)25(32)33/h7-8,11-12,14-17H,3-6,9-10,13H2,1-2H3,(H,28,30)(H,29,31)(H,32,33). The lowest BCUT2D eigenvalue weighted by molar-refractivity contribution is -0.143. The molecule has 1 aromatic heterocycles. The number of hydrogen-bond acceptors (Lipinski definition) is 6. The smallest absolute Gasteiger partial charge is 0.306 e. The molecule has 0 radical (unpaired) electrons. The van der Waals surface area contributed by atoms with Gasteiger partial charge in [-0.1, -0.05) is 27.5 Å². The minimum Gasteiger partial charge on any atom is -0.491 e. The van der Waals surface area contributed by atoms with Crippen molar-refractivity contribution in [2.24, 2.45) is 11.8 Å². The largest absolute Gasteiger partial charge is 0.491 e. The summed E-state index contributed by atoms with van der Waals surface area (Å²) in [6.45, 7) is 3.40. The molecule has 0 bridgehead atoms. The van der Waals surface area contributed by atoms with Crippen LogP contribution >= 0.6 is 27.5 Å². The molecule has 1 aromatic carbocycles. The van der Waals surface area contributed by atoms with Crippen LogP contribution in [-0.2, 0) is 9.53 Å². The van der Waals surface area contributed by atoms with Crippen LogP contribution in [0.4, 0.5) is 5.82 Å². The van der Waals surface area contributed by atoms with Crippen LogP contribution in [0.5, 0.6) is 5.75 Å². The average Bonchev–Trinajstić information content (AvgIpc) is 2.84. The Kier molecular flexibility index (Phi) is 10.2. The molecular weight excluding hydrogens is 538 g/mol. The summed E-state index contributed by atoms with van der Waals surface area (Å²) in [5, 5.41) is 15.7. The van der Waals surface area contributed by atoms with Crippen LogP contribution < -0.4 is 15.4 Å². The van der Waals surface area contributed by atoms with Crippen molar-refractivity contribution >= 4 is 45.2 Å². The zero-order chi connectivity index (χ0) is 25.4. The van der Waals surface area contributed by atoms with Gasteiger partial charge in [-0.3, -0.25) is 9.59 Å². The molecule has 35 heavy (non-hydrogen) atoms. The van der Waals surface area contributed by atoms with Gasteiger partial charge in [-0.15, -0.1) is 0 Å². The Balaban J connectivity index is 1.59. The lowest BCUT2D eigenvalue weighted by Crippen LogP contribution is -2.32. The summed E-state index contributed by atoms with van der Waals surface area (Å²) in [5.74, 6) is 0.231. The highest BCUT2D eigenvalue weighted by Gasteiger charge is 2.26. The summed E-state index contributed by atoms with van der Waals surface area (Å²) in [4.78, 5) is 28.1. The first kappa shape index (κ1) is 27.2. The Morgan fingerprint density at radius 1 is 1.23 bits per heavy atom. The first-order valence-corrected chi connectivity index (χ1v) is 12.8. The fourth-order valence-electron chi connectivity index (χ4n) is 4.13. The van der Waals surface area contributed by atoms with Crippen LogP contribution in [0.1, 0.15) is 54.6 Å². The molecule has 1 heterocycles.